The number of allylic oxidation sites excluding steroid dienone is 2. The molecule has 1 aromatic rings. The summed E-state index contributed by atoms with van der Waals surface area (Å²) < 4.78 is 0. The van der Waals surface area contributed by atoms with Crippen LogP contribution < -0.4 is 0 Å². The molecule has 0 aliphatic heterocycles. The first kappa shape index (κ1) is 9.32. The average molecular weight is 188 g/mol. The summed E-state index contributed by atoms with van der Waals surface area (Å²) in [6, 6.07) is 7.59. The number of phenols is 1. The summed E-state index contributed by atoms with van der Waals surface area (Å²) in [4.78, 5) is 0. The van der Waals surface area contributed by atoms with Crippen molar-refractivity contribution in [2.24, 2.45) is 0 Å². The molecule has 1 aliphatic rings. The maximum Gasteiger partial charge on any atom is 0.115 e. The quantitative estimate of drug-likeness (QED) is 0.667. The lowest BCUT2D eigenvalue weighted by Crippen LogP contribution is -2.01. The highest BCUT2D eigenvalue weighted by molar-refractivity contribution is 5.31. The Morgan fingerprint density at radius 1 is 1.21 bits per heavy atom. The standard InChI is InChI=1S/C13H16O/c1-10-3-2-4-12(9-10)11-5-7-13(14)8-6-11/h5-9,12,14H,2-4H2,1H3. The van der Waals surface area contributed by atoms with Crippen molar-refractivity contribution >= 4 is 0 Å². The molecule has 0 saturated carbocycles. The molecule has 1 unspecified atom stereocenters. The molecule has 74 valence electrons. The van der Waals surface area contributed by atoms with Crippen LogP contribution >= 0.6 is 0 Å². The van der Waals surface area contributed by atoms with Crippen molar-refractivity contribution < 1.29 is 5.11 Å². The van der Waals surface area contributed by atoms with Gasteiger partial charge >= 0.3 is 0 Å². The van der Waals surface area contributed by atoms with Gasteiger partial charge in [-0.3, -0.25) is 0 Å². The van der Waals surface area contributed by atoms with Gasteiger partial charge in [-0.1, -0.05) is 23.8 Å². The highest BCUT2D eigenvalue weighted by Gasteiger charge is 2.12. The Bertz CT molecular complexity index is 335. The number of phenolic OH excluding ortho intramolecular Hbond substituents is 1. The van der Waals surface area contributed by atoms with Crippen molar-refractivity contribution in [3.8, 4) is 5.75 Å². The van der Waals surface area contributed by atoms with Gasteiger partial charge in [-0.25, -0.2) is 0 Å². The Labute approximate surface area is 85.1 Å². The van der Waals surface area contributed by atoms with Crippen LogP contribution in [-0.4, -0.2) is 5.11 Å². The predicted molar refractivity (Wildman–Crippen MR) is 58.5 cm³/mol. The van der Waals surface area contributed by atoms with Crippen molar-refractivity contribution in [2.45, 2.75) is 32.1 Å². The fraction of sp³-hybridized carbons (Fsp3) is 0.385. The lowest BCUT2D eigenvalue weighted by atomic mass is 9.86. The van der Waals surface area contributed by atoms with E-state index in [9.17, 15) is 5.11 Å². The Hall–Kier alpha value is -1.24. The molecule has 0 spiro atoms. The van der Waals surface area contributed by atoms with Gasteiger partial charge in [-0.2, -0.15) is 0 Å². The van der Waals surface area contributed by atoms with Crippen molar-refractivity contribution in [2.75, 3.05) is 0 Å². The van der Waals surface area contributed by atoms with Crippen LogP contribution in [0.3, 0.4) is 0 Å². The van der Waals surface area contributed by atoms with Crippen LogP contribution in [-0.2, 0) is 0 Å². The molecular weight excluding hydrogens is 172 g/mol. The lowest BCUT2D eigenvalue weighted by molar-refractivity contribution is 0.475. The number of rotatable bonds is 1. The topological polar surface area (TPSA) is 20.2 Å². The third-order valence-electron chi connectivity index (χ3n) is 2.89. The summed E-state index contributed by atoms with van der Waals surface area (Å²) in [5.74, 6) is 0.912. The van der Waals surface area contributed by atoms with E-state index < -0.39 is 0 Å². The van der Waals surface area contributed by atoms with E-state index >= 15 is 0 Å². The third-order valence-corrected chi connectivity index (χ3v) is 2.89. The van der Waals surface area contributed by atoms with Gasteiger partial charge in [-0.05, 0) is 43.9 Å². The summed E-state index contributed by atoms with van der Waals surface area (Å²) in [7, 11) is 0. The van der Waals surface area contributed by atoms with Gasteiger partial charge in [-0.15, -0.1) is 0 Å². The minimum absolute atomic E-state index is 0.352. The Morgan fingerprint density at radius 3 is 2.57 bits per heavy atom. The van der Waals surface area contributed by atoms with Gasteiger partial charge in [0.25, 0.3) is 0 Å². The molecule has 0 saturated heterocycles. The Morgan fingerprint density at radius 2 is 1.93 bits per heavy atom. The number of benzene rings is 1. The van der Waals surface area contributed by atoms with Crippen molar-refractivity contribution in [3.63, 3.8) is 0 Å². The molecule has 1 heteroatoms. The molecule has 1 atom stereocenters. The zero-order valence-corrected chi connectivity index (χ0v) is 8.53. The molecule has 0 bridgehead atoms. The van der Waals surface area contributed by atoms with Crippen LogP contribution in [0.4, 0.5) is 0 Å². The number of hydrogen-bond donors (Lipinski definition) is 1. The van der Waals surface area contributed by atoms with E-state index in [1.165, 1.54) is 30.4 Å². The molecule has 0 amide bonds. The smallest absolute Gasteiger partial charge is 0.115 e. The van der Waals surface area contributed by atoms with Crippen LogP contribution in [0, 0.1) is 0 Å². The van der Waals surface area contributed by atoms with Crippen LogP contribution in [0.1, 0.15) is 37.7 Å². The van der Waals surface area contributed by atoms with Gasteiger partial charge in [0.1, 0.15) is 5.75 Å². The normalized spacial score (nSPS) is 21.8. The first-order chi connectivity index (χ1) is 6.75. The van der Waals surface area contributed by atoms with E-state index in [2.05, 4.69) is 13.0 Å². The maximum absolute atomic E-state index is 9.19. The fourth-order valence-corrected chi connectivity index (χ4v) is 2.10. The molecule has 1 nitrogen and oxygen atoms in total. The molecule has 1 aromatic carbocycles. The summed E-state index contributed by atoms with van der Waals surface area (Å²) >= 11 is 0. The molecule has 1 N–H and O–H groups in total. The van der Waals surface area contributed by atoms with Gasteiger partial charge < -0.3 is 5.11 Å². The monoisotopic (exact) mass is 188 g/mol. The van der Waals surface area contributed by atoms with E-state index in [0.29, 0.717) is 11.7 Å². The maximum atomic E-state index is 9.19. The van der Waals surface area contributed by atoms with Crippen molar-refractivity contribution in [1.82, 2.24) is 0 Å². The van der Waals surface area contributed by atoms with E-state index in [1.807, 2.05) is 12.1 Å². The van der Waals surface area contributed by atoms with Crippen LogP contribution in [0.2, 0.25) is 0 Å². The second-order valence-electron chi connectivity index (χ2n) is 4.10. The van der Waals surface area contributed by atoms with Crippen molar-refractivity contribution in [1.29, 1.82) is 0 Å². The van der Waals surface area contributed by atoms with Gasteiger partial charge in [0.2, 0.25) is 0 Å². The number of hydrogen-bond acceptors (Lipinski definition) is 1. The fourth-order valence-electron chi connectivity index (χ4n) is 2.10. The van der Waals surface area contributed by atoms with Crippen LogP contribution in [0.15, 0.2) is 35.9 Å². The second-order valence-corrected chi connectivity index (χ2v) is 4.10. The highest BCUT2D eigenvalue weighted by Crippen LogP contribution is 2.31. The molecule has 14 heavy (non-hydrogen) atoms. The predicted octanol–water partition coefficient (Wildman–Crippen LogP) is 3.61. The zero-order valence-electron chi connectivity index (χ0n) is 8.53. The molecule has 2 rings (SSSR count). The summed E-state index contributed by atoms with van der Waals surface area (Å²) in [6.07, 6.45) is 6.13. The highest BCUT2D eigenvalue weighted by atomic mass is 16.3. The molecule has 0 fully saturated rings. The molecule has 0 aromatic heterocycles. The SMILES string of the molecule is CC1=CC(c2ccc(O)cc2)CCC1. The third kappa shape index (κ3) is 1.98. The first-order valence-corrected chi connectivity index (χ1v) is 5.22. The Kier molecular flexibility index (Phi) is 2.58. The van der Waals surface area contributed by atoms with E-state index in [1.54, 1.807) is 12.1 Å². The minimum atomic E-state index is 0.352. The van der Waals surface area contributed by atoms with Crippen LogP contribution in [0.5, 0.6) is 5.75 Å². The average Bonchev–Trinajstić information content (AvgIpc) is 2.19. The van der Waals surface area contributed by atoms with Crippen LogP contribution in [0.25, 0.3) is 0 Å². The lowest BCUT2D eigenvalue weighted by Gasteiger charge is -2.19. The van der Waals surface area contributed by atoms with E-state index in [-0.39, 0.29) is 0 Å². The van der Waals surface area contributed by atoms with E-state index in [0.717, 1.165) is 0 Å². The first-order valence-electron chi connectivity index (χ1n) is 5.22. The summed E-state index contributed by atoms with van der Waals surface area (Å²) in [5.41, 5.74) is 2.82. The van der Waals surface area contributed by atoms with Gasteiger partial charge in [0.05, 0.1) is 0 Å². The van der Waals surface area contributed by atoms with E-state index in [4.69, 9.17) is 0 Å². The second kappa shape index (κ2) is 3.87. The Balaban J connectivity index is 2.22. The molecular formula is C13H16O. The summed E-state index contributed by atoms with van der Waals surface area (Å²) in [6.45, 7) is 2.20. The van der Waals surface area contributed by atoms with Gasteiger partial charge in [0.15, 0.2) is 0 Å². The minimum Gasteiger partial charge on any atom is -0.508 e. The summed E-state index contributed by atoms with van der Waals surface area (Å²) in [5, 5.41) is 9.19. The largest absolute Gasteiger partial charge is 0.508 e. The van der Waals surface area contributed by atoms with Crippen molar-refractivity contribution in [3.05, 3.63) is 41.5 Å². The number of aromatic hydroxyl groups is 1. The molecule has 0 heterocycles. The molecule has 1 aliphatic carbocycles. The molecule has 0 radical (unpaired) electrons. The zero-order chi connectivity index (χ0) is 9.97. The van der Waals surface area contributed by atoms with Gasteiger partial charge in [0, 0.05) is 5.92 Å².